The molecular weight excluding hydrogens is 310 g/mol. The Kier molecular flexibility index (Phi) is 5.70. The topological polar surface area (TPSA) is 0 Å². The van der Waals surface area contributed by atoms with Crippen LogP contribution in [0.15, 0.2) is 0 Å². The highest BCUT2D eigenvalue weighted by molar-refractivity contribution is 6.91. The molecule has 0 rings (SSSR count). The van der Waals surface area contributed by atoms with Gasteiger partial charge in [0.05, 0.1) is 0 Å². The molecule has 0 aromatic rings. The first kappa shape index (κ1) is 21.9. The van der Waals surface area contributed by atoms with Gasteiger partial charge in [0.15, 0.2) is 0 Å². The van der Waals surface area contributed by atoms with Gasteiger partial charge in [0, 0.05) is 0 Å². The molecule has 0 radical (unpaired) electrons. The number of hydrogen-bond acceptors (Lipinski definition) is 0. The third-order valence-electron chi connectivity index (χ3n) is 4.54. The first-order valence-electron chi connectivity index (χ1n) is 8.13. The minimum absolute atomic E-state index is 0.538. The zero-order valence-electron chi connectivity index (χ0n) is 16.8. The highest BCUT2D eigenvalue weighted by Crippen LogP contribution is 2.54. The van der Waals surface area contributed by atoms with E-state index in [4.69, 9.17) is 0 Å². The number of hydrogen-bond donors (Lipinski definition) is 0. The van der Waals surface area contributed by atoms with E-state index in [0.29, 0.717) is 0 Å². The monoisotopic (exact) mass is 346 g/mol. The Morgan fingerprint density at radius 3 is 0.682 bits per heavy atom. The molecule has 0 aromatic carbocycles. The molecule has 0 fully saturated rings. The van der Waals surface area contributed by atoms with E-state index < -0.39 is 37.0 Å². The maximum absolute atomic E-state index is 15.9. The maximum atomic E-state index is 15.9. The van der Waals surface area contributed by atoms with Crippen LogP contribution in [0.5, 0.6) is 0 Å². The standard InChI is InChI=1S/C18H36F2Si2/c1-15(2,3)21(19,16(4,5)6)13-14-22(20,17(7,8)9)18(10,11)12/h1-12H3. The molecule has 0 saturated carbocycles. The Morgan fingerprint density at radius 2 is 0.591 bits per heavy atom. The van der Waals surface area contributed by atoms with Crippen LogP contribution < -0.4 is 0 Å². The summed E-state index contributed by atoms with van der Waals surface area (Å²) in [5.74, 6) is 0. The molecule has 130 valence electrons. The molecule has 0 unspecified atom stereocenters. The van der Waals surface area contributed by atoms with Crippen molar-refractivity contribution in [3.05, 3.63) is 0 Å². The summed E-state index contributed by atoms with van der Waals surface area (Å²) in [6, 6.07) is 0. The van der Waals surface area contributed by atoms with Crippen molar-refractivity contribution in [2.24, 2.45) is 0 Å². The molecule has 0 aliphatic carbocycles. The second-order valence-electron chi connectivity index (χ2n) is 10.6. The molecule has 0 aliphatic rings. The van der Waals surface area contributed by atoms with Crippen LogP contribution in [0.1, 0.15) is 83.1 Å². The van der Waals surface area contributed by atoms with Crippen molar-refractivity contribution in [3.8, 4) is 11.1 Å². The SMILES string of the molecule is CC(C)(C)[Si](F)(C#C[Si](F)(C(C)(C)C)C(C)(C)C)C(C)(C)C. The van der Waals surface area contributed by atoms with Crippen LogP contribution >= 0.6 is 0 Å². The quantitative estimate of drug-likeness (QED) is 0.249. The summed E-state index contributed by atoms with van der Waals surface area (Å²) in [5, 5.41) is -2.15. The van der Waals surface area contributed by atoms with Crippen LogP contribution in [0.2, 0.25) is 20.2 Å². The summed E-state index contributed by atoms with van der Waals surface area (Å²) >= 11 is 0. The van der Waals surface area contributed by atoms with E-state index in [0.717, 1.165) is 0 Å². The molecule has 0 nitrogen and oxygen atoms in total. The van der Waals surface area contributed by atoms with Crippen LogP contribution in [0, 0.1) is 11.1 Å². The van der Waals surface area contributed by atoms with Crippen molar-refractivity contribution in [2.45, 2.75) is 103 Å². The fourth-order valence-corrected chi connectivity index (χ4v) is 10.6. The molecule has 0 saturated heterocycles. The van der Waals surface area contributed by atoms with Crippen molar-refractivity contribution < 1.29 is 8.22 Å². The van der Waals surface area contributed by atoms with Crippen LogP contribution in [0.4, 0.5) is 8.22 Å². The van der Waals surface area contributed by atoms with Crippen molar-refractivity contribution >= 4 is 16.8 Å². The second-order valence-corrected chi connectivity index (χ2v) is 19.7. The highest BCUT2D eigenvalue weighted by Gasteiger charge is 2.58. The molecule has 0 N–H and O–H groups in total. The normalized spacial score (nSPS) is 15.4. The van der Waals surface area contributed by atoms with Crippen molar-refractivity contribution in [1.29, 1.82) is 0 Å². The zero-order valence-corrected chi connectivity index (χ0v) is 18.8. The van der Waals surface area contributed by atoms with E-state index in [1.165, 1.54) is 0 Å². The third kappa shape index (κ3) is 3.84. The average Bonchev–Trinajstić information content (AvgIpc) is 2.18. The van der Waals surface area contributed by atoms with Gasteiger partial charge >= 0.3 is 16.8 Å². The number of halogens is 2. The summed E-state index contributed by atoms with van der Waals surface area (Å²) < 4.78 is 31.9. The minimum atomic E-state index is -3.49. The Labute approximate surface area is 139 Å². The van der Waals surface area contributed by atoms with Gasteiger partial charge in [-0.2, -0.15) is 0 Å². The van der Waals surface area contributed by atoms with Crippen molar-refractivity contribution in [2.75, 3.05) is 0 Å². The molecule has 0 atom stereocenters. The summed E-state index contributed by atoms with van der Waals surface area (Å²) in [7, 11) is -6.97. The molecule has 0 aromatic heterocycles. The fraction of sp³-hybridized carbons (Fsp3) is 0.889. The first-order chi connectivity index (χ1) is 9.21. The lowest BCUT2D eigenvalue weighted by atomic mass is 10.2. The smallest absolute Gasteiger partial charge is 0.296 e. The van der Waals surface area contributed by atoms with Crippen molar-refractivity contribution in [1.82, 2.24) is 0 Å². The summed E-state index contributed by atoms with van der Waals surface area (Å²) in [5.41, 5.74) is 5.88. The van der Waals surface area contributed by atoms with E-state index in [9.17, 15) is 0 Å². The predicted molar refractivity (Wildman–Crippen MR) is 100 cm³/mol. The van der Waals surface area contributed by atoms with Gasteiger partial charge in [-0.05, 0) is 20.2 Å². The number of rotatable bonds is 0. The van der Waals surface area contributed by atoms with Gasteiger partial charge < -0.3 is 0 Å². The Balaban J connectivity index is 6.34. The predicted octanol–water partition coefficient (Wildman–Crippen LogP) is 7.10. The van der Waals surface area contributed by atoms with E-state index in [1.54, 1.807) is 0 Å². The lowest BCUT2D eigenvalue weighted by molar-refractivity contribution is 0.533. The van der Waals surface area contributed by atoms with Crippen LogP contribution in [0.25, 0.3) is 0 Å². The average molecular weight is 347 g/mol. The Hall–Kier alpha value is -0.146. The molecule has 0 heterocycles. The van der Waals surface area contributed by atoms with E-state index in [1.807, 2.05) is 83.1 Å². The molecule has 0 spiro atoms. The second kappa shape index (κ2) is 5.74. The van der Waals surface area contributed by atoms with Gasteiger partial charge in [-0.1, -0.05) is 94.2 Å². The zero-order chi connectivity index (χ0) is 18.4. The van der Waals surface area contributed by atoms with E-state index in [-0.39, 0.29) is 0 Å². The maximum Gasteiger partial charge on any atom is 0.332 e. The first-order valence-corrected chi connectivity index (χ1v) is 11.9. The third-order valence-corrected chi connectivity index (χ3v) is 14.0. The summed E-state index contributed by atoms with van der Waals surface area (Å²) in [6.07, 6.45) is 0. The van der Waals surface area contributed by atoms with Gasteiger partial charge in [0.1, 0.15) is 0 Å². The van der Waals surface area contributed by atoms with Crippen LogP contribution in [-0.4, -0.2) is 16.8 Å². The largest absolute Gasteiger partial charge is 0.332 e. The van der Waals surface area contributed by atoms with Crippen LogP contribution in [-0.2, 0) is 0 Å². The molecule has 0 bridgehead atoms. The fourth-order valence-electron chi connectivity index (χ4n) is 3.17. The van der Waals surface area contributed by atoms with Crippen LogP contribution in [0.3, 0.4) is 0 Å². The van der Waals surface area contributed by atoms with Gasteiger partial charge in [-0.25, -0.2) is 0 Å². The minimum Gasteiger partial charge on any atom is -0.296 e. The molecular formula is C18H36F2Si2. The Morgan fingerprint density at radius 1 is 0.455 bits per heavy atom. The van der Waals surface area contributed by atoms with Gasteiger partial charge in [0.25, 0.3) is 0 Å². The highest BCUT2D eigenvalue weighted by atomic mass is 28.4. The lowest BCUT2D eigenvalue weighted by Gasteiger charge is -2.43. The summed E-state index contributed by atoms with van der Waals surface area (Å²) in [6.45, 7) is 22.8. The van der Waals surface area contributed by atoms with E-state index in [2.05, 4.69) is 11.1 Å². The van der Waals surface area contributed by atoms with E-state index >= 15 is 8.22 Å². The summed E-state index contributed by atoms with van der Waals surface area (Å²) in [4.78, 5) is 0. The lowest BCUT2D eigenvalue weighted by Crippen LogP contribution is -2.50. The molecule has 0 aliphatic heterocycles. The van der Waals surface area contributed by atoms with Gasteiger partial charge in [-0.15, -0.1) is 0 Å². The van der Waals surface area contributed by atoms with Gasteiger partial charge in [0.2, 0.25) is 0 Å². The molecule has 22 heavy (non-hydrogen) atoms. The van der Waals surface area contributed by atoms with Gasteiger partial charge in [-0.3, -0.25) is 8.22 Å². The Bertz CT molecular complexity index is 387. The molecule has 4 heteroatoms. The van der Waals surface area contributed by atoms with Crippen molar-refractivity contribution in [3.63, 3.8) is 0 Å². The molecule has 0 amide bonds.